The largest absolute Gasteiger partial charge is 0.508 e. The van der Waals surface area contributed by atoms with Gasteiger partial charge in [0, 0.05) is 32.2 Å². The van der Waals surface area contributed by atoms with Crippen LogP contribution in [0.25, 0.3) is 0 Å². The van der Waals surface area contributed by atoms with Gasteiger partial charge in [0.05, 0.1) is 25.6 Å². The number of nitrogens with one attached hydrogen (secondary N) is 8. The number of phenols is 1. The molecular weight excluding hydrogens is 921 g/mol. The van der Waals surface area contributed by atoms with Gasteiger partial charge in [0.1, 0.15) is 48.0 Å². The molecule has 2 fully saturated rings. The van der Waals surface area contributed by atoms with Gasteiger partial charge in [-0.15, -0.1) is 0 Å². The molecule has 26 heteroatoms. The zero-order valence-electron chi connectivity index (χ0n) is 39.5. The second kappa shape index (κ2) is 27.0. The smallest absolute Gasteiger partial charge is 0.245 e. The van der Waals surface area contributed by atoms with Gasteiger partial charge >= 0.3 is 0 Å². The normalized spacial score (nSPS) is 24.0. The van der Waals surface area contributed by atoms with Crippen LogP contribution in [0.2, 0.25) is 0 Å². The Bertz CT molecular complexity index is 2120. The van der Waals surface area contributed by atoms with Crippen LogP contribution < -0.4 is 59.7 Å². The molecule has 0 unspecified atom stereocenters. The third-order valence-electron chi connectivity index (χ3n) is 11.5. The highest BCUT2D eigenvalue weighted by molar-refractivity contribution is 6.00. The lowest BCUT2D eigenvalue weighted by Crippen LogP contribution is -2.61. The fraction of sp³-hybridized carbons (Fsp3) is 0.591. The van der Waals surface area contributed by atoms with E-state index in [1.807, 2.05) is 0 Å². The molecule has 0 spiro atoms. The molecule has 0 bridgehead atoms. The number of aliphatic hydroxyl groups excluding tert-OH is 1. The van der Waals surface area contributed by atoms with Crippen LogP contribution in [0.4, 0.5) is 0 Å². The Labute approximate surface area is 403 Å². The number of nitrogens with two attached hydrogens (primary N) is 3. The average molecular weight is 987 g/mol. The van der Waals surface area contributed by atoms with Gasteiger partial charge in [0.15, 0.2) is 0 Å². The molecule has 0 radical (unpaired) electrons. The number of primary amides is 3. The number of aliphatic hydroxyl groups is 1. The number of carbonyl (C=O) groups excluding carboxylic acids is 12. The lowest BCUT2D eigenvalue weighted by atomic mass is 9.96. The maximum absolute atomic E-state index is 14.5. The Morgan fingerprint density at radius 2 is 1.41 bits per heavy atom. The van der Waals surface area contributed by atoms with Crippen LogP contribution in [0.3, 0.4) is 0 Å². The maximum atomic E-state index is 14.5. The molecule has 12 amide bonds. The predicted octanol–water partition coefficient (Wildman–Crippen LogP) is -5.45. The van der Waals surface area contributed by atoms with Crippen molar-refractivity contribution >= 4 is 70.9 Å². The lowest BCUT2D eigenvalue weighted by molar-refractivity contribution is -0.143. The number of β-amino-alcohol motifs (C(OH)–C–C–N with tert-alkyl or cyclic N) is 1. The Morgan fingerprint density at radius 1 is 0.786 bits per heavy atom. The second-order valence-corrected chi connectivity index (χ2v) is 17.8. The van der Waals surface area contributed by atoms with E-state index in [2.05, 4.69) is 42.5 Å². The zero-order chi connectivity index (χ0) is 52.4. The van der Waals surface area contributed by atoms with E-state index in [-0.39, 0.29) is 30.9 Å². The summed E-state index contributed by atoms with van der Waals surface area (Å²) in [6.07, 6.45) is -4.37. The monoisotopic (exact) mass is 986 g/mol. The molecule has 2 aliphatic heterocycles. The summed E-state index contributed by atoms with van der Waals surface area (Å²) in [5.41, 5.74) is 16.5. The third kappa shape index (κ3) is 18.3. The highest BCUT2D eigenvalue weighted by Gasteiger charge is 2.43. The van der Waals surface area contributed by atoms with Crippen LogP contribution in [0, 0.1) is 11.8 Å². The van der Waals surface area contributed by atoms with E-state index in [0.717, 1.165) is 4.90 Å². The summed E-state index contributed by atoms with van der Waals surface area (Å²) in [6, 6.07) is -5.03. The summed E-state index contributed by atoms with van der Waals surface area (Å²) in [5, 5.41) is 40.1. The first-order chi connectivity index (χ1) is 32.9. The molecular formula is C44H66N12O14. The Balaban J connectivity index is 2.08. The second-order valence-electron chi connectivity index (χ2n) is 17.8. The van der Waals surface area contributed by atoms with E-state index in [0.29, 0.717) is 12.0 Å². The topological polar surface area (TPSA) is 423 Å². The SMILES string of the molecule is CC[C@H](C)[C@@H]1NC(=O)[C@H](Cc2ccc(O)cc2)NC(=O)CNC(=O)CC[C@@H](C(=O)N2C[C@H](O)C[C@H]2C(=O)N[C@@H](CC(C)C)C(=O)NCC(N)=O)NC(=O)[C@H](CC(N)=O)NC(=O)[C@H](CCC(N)=O)NC1=O. The number of hydrogen-bond donors (Lipinski definition) is 13. The van der Waals surface area contributed by atoms with E-state index < -0.39 is 177 Å². The molecule has 3 rings (SSSR count). The number of carbonyl (C=O) groups is 12. The standard InChI is InChI=1S/C44H66N12O14/c1-5-22(4)37-43(69)51-26(10-12-32(45)59)39(65)53-30(17-33(46)60)40(66)52-27(11-13-35(62)48-19-36(63)50-29(41(67)55-37)15-23-6-8-24(57)9-7-23)44(70)56-20-25(58)16-31(56)42(68)54-28(14-21(2)3)38(64)49-18-34(47)61/h6-9,21-22,25-31,37,57-58H,5,10-20H2,1-4H3,(H2,45,59)(H2,46,60)(H2,47,61)(H,48,62)(H,49,64)(H,50,63)(H,51,69)(H,52,66)(H,53,65)(H,54,68)(H,55,67)/t22-,25+,26-,27-,28-,29-,30-,31-,37-/m0/s1. The minimum absolute atomic E-state index is 0.0795. The fourth-order valence-corrected chi connectivity index (χ4v) is 7.62. The van der Waals surface area contributed by atoms with E-state index in [9.17, 15) is 67.7 Å². The molecule has 0 aliphatic carbocycles. The highest BCUT2D eigenvalue weighted by atomic mass is 16.3. The van der Waals surface area contributed by atoms with Gasteiger partial charge in [-0.05, 0) is 48.8 Å². The van der Waals surface area contributed by atoms with Gasteiger partial charge in [-0.3, -0.25) is 57.5 Å². The van der Waals surface area contributed by atoms with E-state index in [1.165, 1.54) is 24.3 Å². The summed E-state index contributed by atoms with van der Waals surface area (Å²) in [6.45, 7) is 5.12. The average Bonchev–Trinajstić information content (AvgIpc) is 3.69. The van der Waals surface area contributed by atoms with Crippen LogP contribution in [0.1, 0.15) is 84.6 Å². The molecule has 1 aromatic rings. The van der Waals surface area contributed by atoms with Crippen molar-refractivity contribution in [3.05, 3.63) is 29.8 Å². The van der Waals surface area contributed by atoms with Crippen LogP contribution >= 0.6 is 0 Å². The van der Waals surface area contributed by atoms with Crippen molar-refractivity contribution in [2.45, 2.75) is 134 Å². The number of rotatable bonds is 17. The van der Waals surface area contributed by atoms with Gasteiger partial charge in [0.25, 0.3) is 0 Å². The predicted molar refractivity (Wildman–Crippen MR) is 245 cm³/mol. The van der Waals surface area contributed by atoms with E-state index in [1.54, 1.807) is 27.7 Å². The number of nitrogens with zero attached hydrogens (tertiary/aromatic N) is 1. The van der Waals surface area contributed by atoms with Crippen LogP contribution in [0.5, 0.6) is 5.75 Å². The number of hydrogen-bond acceptors (Lipinski definition) is 14. The number of aromatic hydroxyl groups is 1. The first kappa shape index (κ1) is 56.9. The molecule has 9 atom stereocenters. The summed E-state index contributed by atoms with van der Waals surface area (Å²) in [7, 11) is 0. The van der Waals surface area contributed by atoms with E-state index in [4.69, 9.17) is 17.2 Å². The summed E-state index contributed by atoms with van der Waals surface area (Å²) >= 11 is 0. The van der Waals surface area contributed by atoms with Crippen molar-refractivity contribution in [1.29, 1.82) is 0 Å². The number of phenolic OH excluding ortho intramolecular Hbond substituents is 1. The van der Waals surface area contributed by atoms with Gasteiger partial charge in [0.2, 0.25) is 70.9 Å². The number of benzene rings is 1. The molecule has 386 valence electrons. The molecule has 70 heavy (non-hydrogen) atoms. The van der Waals surface area contributed by atoms with Gasteiger partial charge < -0.3 is 74.8 Å². The summed E-state index contributed by atoms with van der Waals surface area (Å²) in [4.78, 5) is 161. The van der Waals surface area contributed by atoms with Crippen molar-refractivity contribution in [1.82, 2.24) is 47.4 Å². The number of likely N-dealkylation sites (tertiary alicyclic amines) is 1. The Kier molecular flexibility index (Phi) is 21.9. The van der Waals surface area contributed by atoms with Crippen molar-refractivity contribution in [2.24, 2.45) is 29.0 Å². The third-order valence-corrected chi connectivity index (χ3v) is 11.5. The van der Waals surface area contributed by atoms with E-state index >= 15 is 0 Å². The van der Waals surface area contributed by atoms with Crippen molar-refractivity contribution in [3.63, 3.8) is 0 Å². The number of amides is 12. The van der Waals surface area contributed by atoms with Crippen LogP contribution in [-0.2, 0) is 64.0 Å². The Hall–Kier alpha value is -7.38. The molecule has 2 heterocycles. The summed E-state index contributed by atoms with van der Waals surface area (Å²) < 4.78 is 0. The molecule has 0 saturated carbocycles. The summed E-state index contributed by atoms with van der Waals surface area (Å²) in [5.74, 6) is -12.3. The molecule has 2 saturated heterocycles. The molecule has 16 N–H and O–H groups in total. The van der Waals surface area contributed by atoms with Gasteiger partial charge in [-0.25, -0.2) is 0 Å². The van der Waals surface area contributed by atoms with Crippen molar-refractivity contribution < 1.29 is 67.7 Å². The molecule has 1 aromatic carbocycles. The first-order valence-corrected chi connectivity index (χ1v) is 22.9. The van der Waals surface area contributed by atoms with Crippen LogP contribution in [-0.4, -0.2) is 154 Å². The fourth-order valence-electron chi connectivity index (χ4n) is 7.62. The lowest BCUT2D eigenvalue weighted by Gasteiger charge is -2.31. The first-order valence-electron chi connectivity index (χ1n) is 22.9. The molecule has 0 aromatic heterocycles. The van der Waals surface area contributed by atoms with Gasteiger partial charge in [-0.2, -0.15) is 0 Å². The van der Waals surface area contributed by atoms with Crippen LogP contribution in [0.15, 0.2) is 24.3 Å². The highest BCUT2D eigenvalue weighted by Crippen LogP contribution is 2.22. The zero-order valence-corrected chi connectivity index (χ0v) is 39.5. The molecule has 2 aliphatic rings. The van der Waals surface area contributed by atoms with Crippen molar-refractivity contribution in [2.75, 3.05) is 19.6 Å². The minimum Gasteiger partial charge on any atom is -0.508 e. The van der Waals surface area contributed by atoms with Gasteiger partial charge in [-0.1, -0.05) is 46.2 Å². The maximum Gasteiger partial charge on any atom is 0.245 e. The van der Waals surface area contributed by atoms with Crippen molar-refractivity contribution in [3.8, 4) is 5.75 Å². The quantitative estimate of drug-likeness (QED) is 0.0693. The molecule has 26 nitrogen and oxygen atoms in total. The Morgan fingerprint density at radius 3 is 2.01 bits per heavy atom. The minimum atomic E-state index is -1.87.